The molecule has 2 aliphatic rings. The number of anilines is 2. The van der Waals surface area contributed by atoms with Gasteiger partial charge in [0.1, 0.15) is 29.4 Å². The fourth-order valence-corrected chi connectivity index (χ4v) is 5.18. The molecule has 1 saturated heterocycles. The zero-order valence-electron chi connectivity index (χ0n) is 19.0. The number of fused-ring (bicyclic) bond motifs is 2. The van der Waals surface area contributed by atoms with Crippen LogP contribution in [-0.2, 0) is 0 Å². The van der Waals surface area contributed by atoms with Crippen molar-refractivity contribution in [2.24, 2.45) is 0 Å². The Bertz CT molecular complexity index is 1520. The first kappa shape index (κ1) is 21.5. The van der Waals surface area contributed by atoms with Crippen molar-refractivity contribution in [1.82, 2.24) is 24.4 Å². The van der Waals surface area contributed by atoms with Crippen LogP contribution in [0.3, 0.4) is 0 Å². The number of carbonyl (C=O) groups is 1. The molecule has 0 saturated carbocycles. The summed E-state index contributed by atoms with van der Waals surface area (Å²) < 4.78 is 1.64. The normalized spacial score (nSPS) is 17.5. The molecule has 6 rings (SSSR count). The highest BCUT2D eigenvalue weighted by atomic mass is 35.5. The van der Waals surface area contributed by atoms with E-state index in [0.717, 1.165) is 12.8 Å². The topological polar surface area (TPSA) is 96.2 Å². The second kappa shape index (κ2) is 8.35. The Hall–Kier alpha value is -3.98. The van der Waals surface area contributed by atoms with Crippen LogP contribution in [0.4, 0.5) is 11.6 Å². The lowest BCUT2D eigenvalue weighted by Crippen LogP contribution is -2.40. The van der Waals surface area contributed by atoms with Gasteiger partial charge in [-0.05, 0) is 37.1 Å². The maximum absolute atomic E-state index is 13.8. The number of hydrogen-bond acceptors (Lipinski definition) is 7. The quantitative estimate of drug-likeness (QED) is 0.471. The van der Waals surface area contributed by atoms with Crippen molar-refractivity contribution in [3.8, 4) is 5.69 Å². The summed E-state index contributed by atoms with van der Waals surface area (Å²) in [5.74, 6) is 1.51. The zero-order chi connectivity index (χ0) is 24.1. The predicted molar refractivity (Wildman–Crippen MR) is 134 cm³/mol. The summed E-state index contributed by atoms with van der Waals surface area (Å²) >= 11 is 6.44. The Morgan fingerprint density at radius 2 is 1.89 bits per heavy atom. The Morgan fingerprint density at radius 3 is 2.71 bits per heavy atom. The molecule has 2 aromatic heterocycles. The van der Waals surface area contributed by atoms with Crippen molar-refractivity contribution in [3.63, 3.8) is 0 Å². The van der Waals surface area contributed by atoms with Crippen LogP contribution in [0.1, 0.15) is 35.1 Å². The van der Waals surface area contributed by atoms with Gasteiger partial charge in [-0.25, -0.2) is 15.0 Å². The third kappa shape index (κ3) is 3.42. The summed E-state index contributed by atoms with van der Waals surface area (Å²) in [6, 6.07) is 14.5. The van der Waals surface area contributed by atoms with Crippen molar-refractivity contribution in [2.45, 2.75) is 18.9 Å². The molecule has 1 fully saturated rings. The lowest BCUT2D eigenvalue weighted by atomic mass is 10.1. The second-order valence-corrected chi connectivity index (χ2v) is 9.10. The van der Waals surface area contributed by atoms with Crippen LogP contribution in [-0.4, -0.2) is 50.6 Å². The Kier molecular flexibility index (Phi) is 5.14. The number of hydrogen-bond donors (Lipinski definition) is 1. The van der Waals surface area contributed by atoms with Crippen LogP contribution in [0.2, 0.25) is 5.02 Å². The molecule has 0 spiro atoms. The van der Waals surface area contributed by atoms with Crippen LogP contribution in [0, 0.1) is 0 Å². The Balaban J connectivity index is 1.58. The minimum absolute atomic E-state index is 0.140. The van der Waals surface area contributed by atoms with Gasteiger partial charge in [-0.15, -0.1) is 0 Å². The molecule has 0 unspecified atom stereocenters. The van der Waals surface area contributed by atoms with E-state index in [1.54, 1.807) is 34.7 Å². The molecule has 0 aliphatic carbocycles. The highest BCUT2D eigenvalue weighted by molar-refractivity contribution is 6.35. The highest BCUT2D eigenvalue weighted by Crippen LogP contribution is 2.39. The molecule has 2 aliphatic heterocycles. The smallest absolute Gasteiger partial charge is 0.267 e. The van der Waals surface area contributed by atoms with E-state index in [2.05, 4.69) is 20.2 Å². The number of para-hydroxylation sites is 1. The van der Waals surface area contributed by atoms with E-state index in [1.807, 2.05) is 30.3 Å². The number of halogens is 1. The number of nitrogens with zero attached hydrogens (tertiary/aromatic N) is 6. The maximum atomic E-state index is 13.8. The van der Waals surface area contributed by atoms with E-state index >= 15 is 0 Å². The summed E-state index contributed by atoms with van der Waals surface area (Å²) in [7, 11) is 1.73. The first-order chi connectivity index (χ1) is 17.0. The van der Waals surface area contributed by atoms with Crippen LogP contribution in [0.25, 0.3) is 16.6 Å². The van der Waals surface area contributed by atoms with Crippen molar-refractivity contribution >= 4 is 40.0 Å². The van der Waals surface area contributed by atoms with Gasteiger partial charge in [-0.1, -0.05) is 35.9 Å². The maximum Gasteiger partial charge on any atom is 0.267 e. The number of rotatable bonds is 3. The van der Waals surface area contributed by atoms with E-state index < -0.39 is 0 Å². The first-order valence-corrected chi connectivity index (χ1v) is 11.8. The fraction of sp³-hybridized carbons (Fsp3) is 0.240. The summed E-state index contributed by atoms with van der Waals surface area (Å²) in [5.41, 5.74) is 1.45. The number of nitrogens with one attached hydrogen (secondary N) is 1. The minimum atomic E-state index is -0.273. The average Bonchev–Trinajstić information content (AvgIpc) is 3.36. The lowest BCUT2D eigenvalue weighted by molar-refractivity contribution is 0.0796. The zero-order valence-corrected chi connectivity index (χ0v) is 19.7. The van der Waals surface area contributed by atoms with Crippen LogP contribution in [0.5, 0.6) is 0 Å². The Labute approximate surface area is 206 Å². The second-order valence-electron chi connectivity index (χ2n) is 8.69. The third-order valence-electron chi connectivity index (χ3n) is 6.58. The molecule has 1 atom stereocenters. The summed E-state index contributed by atoms with van der Waals surface area (Å²) in [5, 5.41) is 3.93. The molecule has 1 amide bonds. The van der Waals surface area contributed by atoms with Gasteiger partial charge in [0.25, 0.3) is 11.5 Å². The summed E-state index contributed by atoms with van der Waals surface area (Å²) in [4.78, 5) is 44.3. The molecule has 0 radical (unpaired) electrons. The summed E-state index contributed by atoms with van der Waals surface area (Å²) in [6.07, 6.45) is 3.08. The molecule has 176 valence electrons. The SMILES string of the molecule is CN1CNc2ncnc(N3CCC[C@H]3c3nc4cccc(Cl)c4c(=O)n3-c3ccccc3)c2C1=O. The van der Waals surface area contributed by atoms with Crippen molar-refractivity contribution in [2.75, 3.05) is 30.5 Å². The van der Waals surface area contributed by atoms with Gasteiger partial charge in [-0.3, -0.25) is 14.2 Å². The number of benzene rings is 2. The van der Waals surface area contributed by atoms with Gasteiger partial charge < -0.3 is 15.1 Å². The van der Waals surface area contributed by atoms with Crippen molar-refractivity contribution < 1.29 is 4.79 Å². The van der Waals surface area contributed by atoms with Crippen molar-refractivity contribution in [3.05, 3.63) is 81.6 Å². The van der Waals surface area contributed by atoms with Crippen molar-refractivity contribution in [1.29, 1.82) is 0 Å². The van der Waals surface area contributed by atoms with E-state index in [0.29, 0.717) is 57.8 Å². The van der Waals surface area contributed by atoms with E-state index in [1.165, 1.54) is 6.33 Å². The van der Waals surface area contributed by atoms with Gasteiger partial charge in [0.15, 0.2) is 0 Å². The van der Waals surface area contributed by atoms with E-state index in [-0.39, 0.29) is 17.5 Å². The largest absolute Gasteiger partial charge is 0.352 e. The number of aromatic nitrogens is 4. The van der Waals surface area contributed by atoms with Gasteiger partial charge in [0, 0.05) is 13.6 Å². The highest BCUT2D eigenvalue weighted by Gasteiger charge is 2.37. The first-order valence-electron chi connectivity index (χ1n) is 11.4. The van der Waals surface area contributed by atoms with Gasteiger partial charge in [-0.2, -0.15) is 0 Å². The molecular weight excluding hydrogens is 466 g/mol. The number of carbonyl (C=O) groups excluding carboxylic acids is 1. The fourth-order valence-electron chi connectivity index (χ4n) is 4.93. The molecule has 10 heteroatoms. The van der Waals surface area contributed by atoms with E-state index in [9.17, 15) is 9.59 Å². The lowest BCUT2D eigenvalue weighted by Gasteiger charge is -2.32. The molecule has 2 aromatic carbocycles. The van der Waals surface area contributed by atoms with Crippen LogP contribution >= 0.6 is 11.6 Å². The van der Waals surface area contributed by atoms with Crippen LogP contribution in [0.15, 0.2) is 59.7 Å². The average molecular weight is 488 g/mol. The van der Waals surface area contributed by atoms with Gasteiger partial charge in [0.05, 0.1) is 34.3 Å². The molecule has 9 nitrogen and oxygen atoms in total. The van der Waals surface area contributed by atoms with Crippen LogP contribution < -0.4 is 15.8 Å². The minimum Gasteiger partial charge on any atom is -0.352 e. The monoisotopic (exact) mass is 487 g/mol. The summed E-state index contributed by atoms with van der Waals surface area (Å²) in [6.45, 7) is 1.05. The standard InChI is InChI=1S/C25H22ClN7O2/c1-31-14-29-21-20(24(31)34)23(28-13-27-21)32-12-6-11-18(32)22-30-17-10-5-9-16(26)19(17)25(35)33(22)15-7-3-2-4-8-15/h2-5,7-10,13,18H,6,11-12,14H2,1H3,(H,27,28,29)/t18-/m0/s1. The molecule has 4 heterocycles. The van der Waals surface area contributed by atoms with E-state index in [4.69, 9.17) is 16.6 Å². The molecular formula is C25H22ClN7O2. The Morgan fingerprint density at radius 1 is 1.06 bits per heavy atom. The molecule has 0 bridgehead atoms. The third-order valence-corrected chi connectivity index (χ3v) is 6.90. The van der Waals surface area contributed by atoms with Gasteiger partial charge in [0.2, 0.25) is 0 Å². The molecule has 4 aromatic rings. The number of amides is 1. The molecule has 35 heavy (non-hydrogen) atoms. The van der Waals surface area contributed by atoms with Gasteiger partial charge >= 0.3 is 0 Å². The molecule has 1 N–H and O–H groups in total. The predicted octanol–water partition coefficient (Wildman–Crippen LogP) is 3.63.